The van der Waals surface area contributed by atoms with Gasteiger partial charge in [0.1, 0.15) is 6.33 Å². The summed E-state index contributed by atoms with van der Waals surface area (Å²) in [5, 5.41) is 4.29. The van der Waals surface area contributed by atoms with Crippen molar-refractivity contribution in [2.45, 2.75) is 19.8 Å². The van der Waals surface area contributed by atoms with Crippen LogP contribution < -0.4 is 5.56 Å². The van der Waals surface area contributed by atoms with E-state index < -0.39 is 0 Å². The minimum atomic E-state index is -0.122. The van der Waals surface area contributed by atoms with Crippen LogP contribution in [0.15, 0.2) is 29.5 Å². The highest BCUT2D eigenvalue weighted by molar-refractivity contribution is 5.25. The molecule has 0 saturated carbocycles. The highest BCUT2D eigenvalue weighted by Crippen LogP contribution is 2.09. The lowest BCUT2D eigenvalue weighted by Crippen LogP contribution is -2.05. The van der Waals surface area contributed by atoms with E-state index in [0.717, 1.165) is 11.5 Å². The second-order valence-corrected chi connectivity index (χ2v) is 3.61. The molecule has 15 heavy (non-hydrogen) atoms. The van der Waals surface area contributed by atoms with Gasteiger partial charge in [0.05, 0.1) is 5.69 Å². The van der Waals surface area contributed by atoms with Gasteiger partial charge in [-0.2, -0.15) is 5.10 Å². The van der Waals surface area contributed by atoms with Crippen LogP contribution in [0.4, 0.5) is 0 Å². The zero-order valence-corrected chi connectivity index (χ0v) is 8.64. The van der Waals surface area contributed by atoms with Gasteiger partial charge in [-0.25, -0.2) is 9.67 Å². The van der Waals surface area contributed by atoms with Crippen molar-refractivity contribution < 1.29 is 0 Å². The Balaban J connectivity index is 2.37. The van der Waals surface area contributed by atoms with E-state index in [1.54, 1.807) is 23.3 Å². The average molecular weight is 204 g/mol. The number of H-pyrrole nitrogens is 1. The Morgan fingerprint density at radius 1 is 1.40 bits per heavy atom. The van der Waals surface area contributed by atoms with Crippen LogP contribution in [0.1, 0.15) is 25.6 Å². The number of hydrogen-bond acceptors (Lipinski definition) is 3. The summed E-state index contributed by atoms with van der Waals surface area (Å²) in [4.78, 5) is 17.6. The molecule has 0 aliphatic carbocycles. The molecule has 0 fully saturated rings. The Morgan fingerprint density at radius 2 is 2.20 bits per heavy atom. The summed E-state index contributed by atoms with van der Waals surface area (Å²) in [5.41, 5.74) is 0.678. The number of aromatic nitrogens is 4. The van der Waals surface area contributed by atoms with Crippen molar-refractivity contribution in [3.05, 3.63) is 40.8 Å². The summed E-state index contributed by atoms with van der Waals surface area (Å²) < 4.78 is 1.64. The molecule has 0 aliphatic rings. The molecule has 1 N–H and O–H groups in total. The third-order valence-electron chi connectivity index (χ3n) is 2.06. The SMILES string of the molecule is CC(C)c1ncn(-c2ccc(=O)[nH]c2)n1. The lowest BCUT2D eigenvalue weighted by molar-refractivity contribution is 0.752. The van der Waals surface area contributed by atoms with E-state index in [4.69, 9.17) is 0 Å². The molecule has 78 valence electrons. The van der Waals surface area contributed by atoms with Crippen molar-refractivity contribution in [2.75, 3.05) is 0 Å². The summed E-state index contributed by atoms with van der Waals surface area (Å²) in [6.45, 7) is 4.07. The molecule has 0 radical (unpaired) electrons. The number of nitrogens with one attached hydrogen (secondary N) is 1. The molecule has 2 aromatic heterocycles. The van der Waals surface area contributed by atoms with E-state index in [2.05, 4.69) is 15.1 Å². The second-order valence-electron chi connectivity index (χ2n) is 3.61. The van der Waals surface area contributed by atoms with Gasteiger partial charge in [-0.1, -0.05) is 13.8 Å². The molecule has 2 heterocycles. The Hall–Kier alpha value is -1.91. The zero-order chi connectivity index (χ0) is 10.8. The Kier molecular flexibility index (Phi) is 2.37. The molecule has 0 amide bonds. The van der Waals surface area contributed by atoms with Gasteiger partial charge in [-0.15, -0.1) is 0 Å². The first-order valence-electron chi connectivity index (χ1n) is 4.77. The minimum absolute atomic E-state index is 0.122. The molecule has 2 aromatic rings. The van der Waals surface area contributed by atoms with E-state index in [1.807, 2.05) is 13.8 Å². The molecule has 0 saturated heterocycles. The van der Waals surface area contributed by atoms with Crippen molar-refractivity contribution in [1.29, 1.82) is 0 Å². The van der Waals surface area contributed by atoms with Crippen LogP contribution in [0.5, 0.6) is 0 Å². The van der Waals surface area contributed by atoms with E-state index in [9.17, 15) is 4.79 Å². The van der Waals surface area contributed by atoms with Crippen LogP contribution in [0.3, 0.4) is 0 Å². The molecule has 0 aliphatic heterocycles. The summed E-state index contributed by atoms with van der Waals surface area (Å²) in [5.74, 6) is 1.09. The first-order chi connectivity index (χ1) is 7.16. The molecular formula is C10H12N4O. The largest absolute Gasteiger partial charge is 0.327 e. The number of nitrogens with zero attached hydrogens (tertiary/aromatic N) is 3. The smallest absolute Gasteiger partial charge is 0.248 e. The summed E-state index contributed by atoms with van der Waals surface area (Å²) in [6, 6.07) is 3.17. The predicted molar refractivity (Wildman–Crippen MR) is 56.1 cm³/mol. The van der Waals surface area contributed by atoms with Crippen molar-refractivity contribution in [2.24, 2.45) is 0 Å². The third kappa shape index (κ3) is 1.96. The fourth-order valence-corrected chi connectivity index (χ4v) is 1.21. The Morgan fingerprint density at radius 3 is 2.73 bits per heavy atom. The van der Waals surface area contributed by atoms with Gasteiger partial charge in [-0.3, -0.25) is 4.79 Å². The number of pyridine rings is 1. The molecule has 2 rings (SSSR count). The molecule has 0 bridgehead atoms. The number of hydrogen-bond donors (Lipinski definition) is 1. The standard InChI is InChI=1S/C10H12N4O/c1-7(2)10-12-6-14(13-10)8-3-4-9(15)11-5-8/h3-7H,1-2H3,(H,11,15). The van der Waals surface area contributed by atoms with Gasteiger partial charge in [0, 0.05) is 18.2 Å². The van der Waals surface area contributed by atoms with Crippen LogP contribution in [0, 0.1) is 0 Å². The minimum Gasteiger partial charge on any atom is -0.327 e. The lowest BCUT2D eigenvalue weighted by atomic mass is 10.2. The summed E-state index contributed by atoms with van der Waals surface area (Å²) >= 11 is 0. The van der Waals surface area contributed by atoms with Gasteiger partial charge in [0.2, 0.25) is 5.56 Å². The zero-order valence-electron chi connectivity index (χ0n) is 8.64. The summed E-state index contributed by atoms with van der Waals surface area (Å²) in [7, 11) is 0. The van der Waals surface area contributed by atoms with Crippen LogP contribution >= 0.6 is 0 Å². The Labute approximate surface area is 86.8 Å². The third-order valence-corrected chi connectivity index (χ3v) is 2.06. The molecule has 0 unspecified atom stereocenters. The lowest BCUT2D eigenvalue weighted by Gasteiger charge is -1.99. The number of rotatable bonds is 2. The average Bonchev–Trinajstić information content (AvgIpc) is 2.68. The number of aromatic amines is 1. The second kappa shape index (κ2) is 3.68. The van der Waals surface area contributed by atoms with Crippen molar-refractivity contribution in [1.82, 2.24) is 19.7 Å². The van der Waals surface area contributed by atoms with Gasteiger partial charge < -0.3 is 4.98 Å². The molecule has 5 nitrogen and oxygen atoms in total. The van der Waals surface area contributed by atoms with Gasteiger partial charge in [0.25, 0.3) is 0 Å². The molecule has 0 aromatic carbocycles. The van der Waals surface area contributed by atoms with E-state index in [-0.39, 0.29) is 5.56 Å². The van der Waals surface area contributed by atoms with Gasteiger partial charge in [-0.05, 0) is 6.07 Å². The molecule has 0 spiro atoms. The van der Waals surface area contributed by atoms with Gasteiger partial charge in [0.15, 0.2) is 5.82 Å². The van der Waals surface area contributed by atoms with Crippen molar-refractivity contribution in [3.8, 4) is 5.69 Å². The van der Waals surface area contributed by atoms with E-state index >= 15 is 0 Å². The topological polar surface area (TPSA) is 63.6 Å². The van der Waals surface area contributed by atoms with Crippen molar-refractivity contribution >= 4 is 0 Å². The monoisotopic (exact) mass is 204 g/mol. The van der Waals surface area contributed by atoms with Crippen LogP contribution in [0.25, 0.3) is 5.69 Å². The van der Waals surface area contributed by atoms with Crippen molar-refractivity contribution in [3.63, 3.8) is 0 Å². The van der Waals surface area contributed by atoms with Gasteiger partial charge >= 0.3 is 0 Å². The quantitative estimate of drug-likeness (QED) is 0.796. The predicted octanol–water partition coefficient (Wildman–Crippen LogP) is 1.08. The first kappa shape index (κ1) is 9.64. The highest BCUT2D eigenvalue weighted by Gasteiger charge is 2.05. The van der Waals surface area contributed by atoms with E-state index in [0.29, 0.717) is 5.92 Å². The maximum absolute atomic E-state index is 10.9. The fraction of sp³-hybridized carbons (Fsp3) is 0.300. The first-order valence-corrected chi connectivity index (χ1v) is 4.77. The van der Waals surface area contributed by atoms with Crippen LogP contribution in [-0.2, 0) is 0 Å². The molecule has 0 atom stereocenters. The maximum atomic E-state index is 10.9. The fourth-order valence-electron chi connectivity index (χ4n) is 1.21. The van der Waals surface area contributed by atoms with Crippen LogP contribution in [-0.4, -0.2) is 19.7 Å². The molecular weight excluding hydrogens is 192 g/mol. The normalized spacial score (nSPS) is 10.9. The highest BCUT2D eigenvalue weighted by atomic mass is 16.1. The maximum Gasteiger partial charge on any atom is 0.248 e. The van der Waals surface area contributed by atoms with Crippen LogP contribution in [0.2, 0.25) is 0 Å². The summed E-state index contributed by atoms with van der Waals surface area (Å²) in [6.07, 6.45) is 3.25. The molecule has 5 heteroatoms. The Bertz CT molecular complexity index is 492. The van der Waals surface area contributed by atoms with E-state index in [1.165, 1.54) is 6.07 Å².